The van der Waals surface area contributed by atoms with E-state index in [1.165, 1.54) is 0 Å². The van der Waals surface area contributed by atoms with Crippen molar-refractivity contribution in [2.24, 2.45) is 0 Å². The second-order valence-corrected chi connectivity index (χ2v) is 5.20. The first-order valence-corrected chi connectivity index (χ1v) is 6.34. The van der Waals surface area contributed by atoms with Crippen molar-refractivity contribution in [1.82, 2.24) is 14.6 Å². The van der Waals surface area contributed by atoms with Gasteiger partial charge in [-0.25, -0.2) is 14.3 Å². The van der Waals surface area contributed by atoms with Gasteiger partial charge >= 0.3 is 5.97 Å². The summed E-state index contributed by atoms with van der Waals surface area (Å²) in [5.41, 5.74) is 0.868. The van der Waals surface area contributed by atoms with Gasteiger partial charge in [-0.15, -0.1) is 0 Å². The number of anilines is 1. The van der Waals surface area contributed by atoms with Crippen LogP contribution in [0.25, 0.3) is 5.52 Å². The third kappa shape index (κ3) is 1.67. The summed E-state index contributed by atoms with van der Waals surface area (Å²) in [6.07, 6.45) is 4.94. The minimum Gasteiger partial charge on any atom is -0.480 e. The molecule has 0 aliphatic carbocycles. The minimum atomic E-state index is -0.882. The summed E-state index contributed by atoms with van der Waals surface area (Å²) in [5, 5.41) is 13.8. The highest BCUT2D eigenvalue weighted by molar-refractivity contribution is 5.86. The van der Waals surface area contributed by atoms with Crippen molar-refractivity contribution in [1.29, 1.82) is 0 Å². The molecule has 2 aromatic rings. The van der Waals surface area contributed by atoms with Crippen LogP contribution in [0, 0.1) is 6.92 Å². The Labute approximate surface area is 110 Å². The first-order chi connectivity index (χ1) is 9.02. The van der Waals surface area contributed by atoms with Gasteiger partial charge in [0.25, 0.3) is 0 Å². The Kier molecular flexibility index (Phi) is 2.48. The van der Waals surface area contributed by atoms with Gasteiger partial charge in [0.05, 0.1) is 5.69 Å². The van der Waals surface area contributed by atoms with Crippen LogP contribution in [0.2, 0.25) is 0 Å². The number of carbonyl (C=O) groups is 1. The minimum absolute atomic E-state index is 0.637. The van der Waals surface area contributed by atoms with E-state index in [2.05, 4.69) is 10.1 Å². The molecular formula is C13H16N4O2. The van der Waals surface area contributed by atoms with Gasteiger partial charge < -0.3 is 10.0 Å². The normalized spacial score (nSPS) is 23.2. The van der Waals surface area contributed by atoms with Crippen molar-refractivity contribution in [3.63, 3.8) is 0 Å². The molecule has 1 saturated heterocycles. The fourth-order valence-electron chi connectivity index (χ4n) is 2.76. The zero-order valence-electron chi connectivity index (χ0n) is 11.0. The van der Waals surface area contributed by atoms with Gasteiger partial charge in [0.2, 0.25) is 0 Å². The SMILES string of the molecule is Cc1cc2c(N3CCCC3(C)C(=O)O)nccn2n1. The molecule has 0 aromatic carbocycles. The number of rotatable bonds is 2. The Bertz CT molecular complexity index is 651. The molecule has 100 valence electrons. The summed E-state index contributed by atoms with van der Waals surface area (Å²) in [5.74, 6) is -0.101. The average Bonchev–Trinajstić information content (AvgIpc) is 2.91. The lowest BCUT2D eigenvalue weighted by Gasteiger charge is -2.32. The van der Waals surface area contributed by atoms with Crippen molar-refractivity contribution >= 4 is 17.3 Å². The van der Waals surface area contributed by atoms with Crippen molar-refractivity contribution in [3.8, 4) is 0 Å². The molecule has 0 saturated carbocycles. The second kappa shape index (κ2) is 3.94. The van der Waals surface area contributed by atoms with E-state index >= 15 is 0 Å². The zero-order chi connectivity index (χ0) is 13.6. The highest BCUT2D eigenvalue weighted by atomic mass is 16.4. The Hall–Kier alpha value is -2.11. The quantitative estimate of drug-likeness (QED) is 0.885. The summed E-state index contributed by atoms with van der Waals surface area (Å²) in [4.78, 5) is 17.8. The van der Waals surface area contributed by atoms with Crippen LogP contribution in [0.15, 0.2) is 18.5 Å². The lowest BCUT2D eigenvalue weighted by atomic mass is 9.99. The summed E-state index contributed by atoms with van der Waals surface area (Å²) in [6.45, 7) is 4.38. The van der Waals surface area contributed by atoms with Crippen molar-refractivity contribution < 1.29 is 9.90 Å². The van der Waals surface area contributed by atoms with Crippen molar-refractivity contribution in [2.45, 2.75) is 32.2 Å². The number of aryl methyl sites for hydroxylation is 1. The van der Waals surface area contributed by atoms with E-state index in [1.54, 1.807) is 23.8 Å². The van der Waals surface area contributed by atoms with Crippen LogP contribution in [0.1, 0.15) is 25.5 Å². The lowest BCUT2D eigenvalue weighted by molar-refractivity contribution is -0.142. The first-order valence-electron chi connectivity index (χ1n) is 6.34. The van der Waals surface area contributed by atoms with Gasteiger partial charge in [-0.05, 0) is 32.8 Å². The number of hydrogen-bond acceptors (Lipinski definition) is 4. The molecule has 0 bridgehead atoms. The maximum atomic E-state index is 11.6. The maximum Gasteiger partial charge on any atom is 0.329 e. The molecule has 1 fully saturated rings. The van der Waals surface area contributed by atoms with E-state index in [0.717, 1.165) is 17.6 Å². The molecule has 1 atom stereocenters. The Morgan fingerprint density at radius 3 is 3.05 bits per heavy atom. The Balaban J connectivity index is 2.16. The van der Waals surface area contributed by atoms with Crippen LogP contribution in [0.5, 0.6) is 0 Å². The molecule has 6 heteroatoms. The van der Waals surface area contributed by atoms with E-state index in [9.17, 15) is 9.90 Å². The van der Waals surface area contributed by atoms with Crippen LogP contribution < -0.4 is 4.90 Å². The largest absolute Gasteiger partial charge is 0.480 e. The third-order valence-corrected chi connectivity index (χ3v) is 3.85. The maximum absolute atomic E-state index is 11.6. The lowest BCUT2D eigenvalue weighted by Crippen LogP contribution is -2.48. The summed E-state index contributed by atoms with van der Waals surface area (Å²) in [7, 11) is 0. The summed E-state index contributed by atoms with van der Waals surface area (Å²) < 4.78 is 1.75. The van der Waals surface area contributed by atoms with Gasteiger partial charge in [-0.3, -0.25) is 0 Å². The highest BCUT2D eigenvalue weighted by Gasteiger charge is 2.44. The molecular weight excluding hydrogens is 244 g/mol. The highest BCUT2D eigenvalue weighted by Crippen LogP contribution is 2.35. The predicted molar refractivity (Wildman–Crippen MR) is 70.3 cm³/mol. The third-order valence-electron chi connectivity index (χ3n) is 3.85. The molecule has 0 radical (unpaired) electrons. The van der Waals surface area contributed by atoms with E-state index in [0.29, 0.717) is 18.8 Å². The molecule has 3 rings (SSSR count). The van der Waals surface area contributed by atoms with E-state index in [-0.39, 0.29) is 0 Å². The number of carboxylic acids is 1. The molecule has 1 N–H and O–H groups in total. The van der Waals surface area contributed by atoms with E-state index < -0.39 is 11.5 Å². The molecule has 19 heavy (non-hydrogen) atoms. The standard InChI is InChI=1S/C13H16N4O2/c1-9-8-10-11(14-5-7-17(10)15-9)16-6-3-4-13(16,2)12(18)19/h5,7-8H,3-4,6H2,1-2H3,(H,18,19). The predicted octanol–water partition coefficient (Wildman–Crippen LogP) is 1.48. The number of carboxylic acid groups (broad SMARTS) is 1. The Morgan fingerprint density at radius 1 is 1.53 bits per heavy atom. The molecule has 3 heterocycles. The molecule has 2 aromatic heterocycles. The smallest absolute Gasteiger partial charge is 0.329 e. The molecule has 6 nitrogen and oxygen atoms in total. The fourth-order valence-corrected chi connectivity index (χ4v) is 2.76. The van der Waals surface area contributed by atoms with Crippen molar-refractivity contribution in [2.75, 3.05) is 11.4 Å². The van der Waals surface area contributed by atoms with Gasteiger partial charge in [0, 0.05) is 18.9 Å². The average molecular weight is 260 g/mol. The summed E-state index contributed by atoms with van der Waals surface area (Å²) >= 11 is 0. The number of hydrogen-bond donors (Lipinski definition) is 1. The topological polar surface area (TPSA) is 70.7 Å². The van der Waals surface area contributed by atoms with Gasteiger partial charge in [-0.1, -0.05) is 0 Å². The number of aliphatic carboxylic acids is 1. The fraction of sp³-hybridized carbons (Fsp3) is 0.462. The second-order valence-electron chi connectivity index (χ2n) is 5.20. The molecule has 0 spiro atoms. The van der Waals surface area contributed by atoms with Crippen LogP contribution in [0.3, 0.4) is 0 Å². The molecule has 1 unspecified atom stereocenters. The zero-order valence-corrected chi connectivity index (χ0v) is 11.0. The molecule has 1 aliphatic heterocycles. The number of aromatic nitrogens is 3. The molecule has 1 aliphatic rings. The first kappa shape index (κ1) is 12.0. The Morgan fingerprint density at radius 2 is 2.32 bits per heavy atom. The van der Waals surface area contributed by atoms with Gasteiger partial charge in [-0.2, -0.15) is 5.10 Å². The monoisotopic (exact) mass is 260 g/mol. The van der Waals surface area contributed by atoms with Gasteiger partial charge in [0.15, 0.2) is 5.82 Å². The van der Waals surface area contributed by atoms with Crippen molar-refractivity contribution in [3.05, 3.63) is 24.2 Å². The van der Waals surface area contributed by atoms with Crippen LogP contribution in [-0.2, 0) is 4.79 Å². The van der Waals surface area contributed by atoms with Crippen LogP contribution in [-0.4, -0.2) is 37.8 Å². The van der Waals surface area contributed by atoms with Crippen LogP contribution >= 0.6 is 0 Å². The van der Waals surface area contributed by atoms with E-state index in [1.807, 2.05) is 17.9 Å². The van der Waals surface area contributed by atoms with Crippen LogP contribution in [0.4, 0.5) is 5.82 Å². The number of fused-ring (bicyclic) bond motifs is 1. The van der Waals surface area contributed by atoms with Gasteiger partial charge in [0.1, 0.15) is 11.1 Å². The van der Waals surface area contributed by atoms with E-state index in [4.69, 9.17) is 0 Å². The number of nitrogens with zero attached hydrogens (tertiary/aromatic N) is 4. The summed E-state index contributed by atoms with van der Waals surface area (Å²) in [6, 6.07) is 1.93. The molecule has 0 amide bonds.